The molecule has 0 unspecified atom stereocenters. The highest BCUT2D eigenvalue weighted by molar-refractivity contribution is 7.92. The number of halogens is 2. The first-order valence-corrected chi connectivity index (χ1v) is 9.44. The lowest BCUT2D eigenvalue weighted by molar-refractivity contribution is 0.102. The standard InChI is InChI=1S/C17H13ClFN3O4S/c1-10-9-15(21-26-10)22-27(24,25)12-7-5-11(6-8-12)20-17(23)16-13(18)3-2-4-14(16)19/h2-9H,1H3,(H,20,23)(H,21,22). The molecule has 0 fully saturated rings. The molecule has 3 rings (SSSR count). The predicted molar refractivity (Wildman–Crippen MR) is 97.9 cm³/mol. The molecule has 0 atom stereocenters. The molecule has 27 heavy (non-hydrogen) atoms. The van der Waals surface area contributed by atoms with Crippen molar-refractivity contribution < 1.29 is 22.1 Å². The summed E-state index contributed by atoms with van der Waals surface area (Å²) in [4.78, 5) is 12.1. The maximum absolute atomic E-state index is 13.8. The molecule has 0 bridgehead atoms. The van der Waals surface area contributed by atoms with E-state index in [0.717, 1.165) is 6.07 Å². The molecule has 0 saturated carbocycles. The third-order valence-electron chi connectivity index (χ3n) is 3.48. The molecule has 1 aromatic heterocycles. The molecule has 10 heteroatoms. The quantitative estimate of drug-likeness (QED) is 0.666. The maximum Gasteiger partial charge on any atom is 0.263 e. The molecule has 0 radical (unpaired) electrons. The number of amides is 1. The highest BCUT2D eigenvalue weighted by Crippen LogP contribution is 2.22. The number of rotatable bonds is 5. The molecular formula is C17H13ClFN3O4S. The van der Waals surface area contributed by atoms with Crippen LogP contribution in [0.5, 0.6) is 0 Å². The third kappa shape index (κ3) is 4.26. The van der Waals surface area contributed by atoms with Gasteiger partial charge < -0.3 is 9.84 Å². The SMILES string of the molecule is Cc1cc(NS(=O)(=O)c2ccc(NC(=O)c3c(F)cccc3Cl)cc2)no1. The van der Waals surface area contributed by atoms with Gasteiger partial charge in [-0.3, -0.25) is 9.52 Å². The zero-order valence-electron chi connectivity index (χ0n) is 13.9. The number of aryl methyl sites for hydroxylation is 1. The van der Waals surface area contributed by atoms with E-state index in [4.69, 9.17) is 16.1 Å². The number of carbonyl (C=O) groups excluding carboxylic acids is 1. The topological polar surface area (TPSA) is 101 Å². The van der Waals surface area contributed by atoms with Crippen LogP contribution in [-0.4, -0.2) is 19.5 Å². The minimum atomic E-state index is -3.88. The van der Waals surface area contributed by atoms with Crippen molar-refractivity contribution in [3.63, 3.8) is 0 Å². The van der Waals surface area contributed by atoms with Crippen LogP contribution in [0.3, 0.4) is 0 Å². The van der Waals surface area contributed by atoms with E-state index in [1.807, 2.05) is 0 Å². The van der Waals surface area contributed by atoms with Crippen molar-refractivity contribution in [2.24, 2.45) is 0 Å². The number of sulfonamides is 1. The Morgan fingerprint density at radius 3 is 2.48 bits per heavy atom. The average molecular weight is 410 g/mol. The van der Waals surface area contributed by atoms with Crippen molar-refractivity contribution in [2.75, 3.05) is 10.0 Å². The van der Waals surface area contributed by atoms with E-state index in [1.165, 1.54) is 42.5 Å². The van der Waals surface area contributed by atoms with E-state index >= 15 is 0 Å². The molecule has 0 spiro atoms. The molecule has 0 aliphatic carbocycles. The summed E-state index contributed by atoms with van der Waals surface area (Å²) in [5.41, 5.74) is -0.0190. The second kappa shape index (κ2) is 7.37. The fraction of sp³-hybridized carbons (Fsp3) is 0.0588. The number of anilines is 2. The van der Waals surface area contributed by atoms with Crippen molar-refractivity contribution in [1.82, 2.24) is 5.16 Å². The van der Waals surface area contributed by atoms with Crippen LogP contribution < -0.4 is 10.0 Å². The van der Waals surface area contributed by atoms with E-state index in [2.05, 4.69) is 15.2 Å². The Bertz CT molecular complexity index is 1080. The number of aromatic nitrogens is 1. The Morgan fingerprint density at radius 2 is 1.89 bits per heavy atom. The molecule has 7 nitrogen and oxygen atoms in total. The van der Waals surface area contributed by atoms with Gasteiger partial charge in [0.15, 0.2) is 5.82 Å². The molecule has 1 amide bonds. The van der Waals surface area contributed by atoms with E-state index in [1.54, 1.807) is 6.92 Å². The molecule has 3 aromatic rings. The Balaban J connectivity index is 1.76. The third-order valence-corrected chi connectivity index (χ3v) is 5.16. The Hall–Kier alpha value is -2.91. The number of benzene rings is 2. The number of hydrogen-bond acceptors (Lipinski definition) is 5. The van der Waals surface area contributed by atoms with Crippen LogP contribution in [0.1, 0.15) is 16.1 Å². The Kier molecular flexibility index (Phi) is 5.15. The summed E-state index contributed by atoms with van der Waals surface area (Å²) in [6.45, 7) is 1.63. The van der Waals surface area contributed by atoms with Crippen LogP contribution in [0, 0.1) is 12.7 Å². The summed E-state index contributed by atoms with van der Waals surface area (Å²) < 4.78 is 45.5. The normalized spacial score (nSPS) is 11.2. The van der Waals surface area contributed by atoms with Gasteiger partial charge in [0.1, 0.15) is 11.6 Å². The molecular weight excluding hydrogens is 397 g/mol. The average Bonchev–Trinajstić information content (AvgIpc) is 2.99. The number of nitrogens with one attached hydrogen (secondary N) is 2. The molecule has 2 N–H and O–H groups in total. The van der Waals surface area contributed by atoms with Crippen LogP contribution in [-0.2, 0) is 10.0 Å². The summed E-state index contributed by atoms with van der Waals surface area (Å²) in [5, 5.41) is 6.00. The Labute approximate surface area is 159 Å². The second-order valence-corrected chi connectivity index (χ2v) is 7.59. The van der Waals surface area contributed by atoms with Crippen molar-refractivity contribution >= 4 is 39.0 Å². The largest absolute Gasteiger partial charge is 0.360 e. The Morgan fingerprint density at radius 1 is 1.19 bits per heavy atom. The van der Waals surface area contributed by atoms with E-state index in [-0.39, 0.29) is 27.0 Å². The molecule has 0 aliphatic rings. The van der Waals surface area contributed by atoms with Crippen LogP contribution in [0.4, 0.5) is 15.9 Å². The lowest BCUT2D eigenvalue weighted by atomic mass is 10.2. The van der Waals surface area contributed by atoms with E-state index in [9.17, 15) is 17.6 Å². The zero-order valence-corrected chi connectivity index (χ0v) is 15.4. The number of carbonyl (C=O) groups is 1. The second-order valence-electron chi connectivity index (χ2n) is 5.50. The van der Waals surface area contributed by atoms with Crippen molar-refractivity contribution in [3.8, 4) is 0 Å². The lowest BCUT2D eigenvalue weighted by Crippen LogP contribution is -2.15. The first-order chi connectivity index (χ1) is 12.8. The minimum absolute atomic E-state index is 0.0289. The van der Waals surface area contributed by atoms with E-state index < -0.39 is 21.7 Å². The highest BCUT2D eigenvalue weighted by atomic mass is 35.5. The van der Waals surface area contributed by atoms with E-state index in [0.29, 0.717) is 5.76 Å². The van der Waals surface area contributed by atoms with Crippen molar-refractivity contribution in [2.45, 2.75) is 11.8 Å². The fourth-order valence-corrected chi connectivity index (χ4v) is 3.47. The van der Waals surface area contributed by atoms with Gasteiger partial charge >= 0.3 is 0 Å². The van der Waals surface area contributed by atoms with Crippen LogP contribution in [0.2, 0.25) is 5.02 Å². The fourth-order valence-electron chi connectivity index (χ4n) is 2.24. The van der Waals surface area contributed by atoms with Gasteiger partial charge in [0.2, 0.25) is 0 Å². The van der Waals surface area contributed by atoms with Crippen LogP contribution >= 0.6 is 11.6 Å². The van der Waals surface area contributed by atoms with Gasteiger partial charge in [-0.1, -0.05) is 22.8 Å². The van der Waals surface area contributed by atoms with Crippen molar-refractivity contribution in [3.05, 3.63) is 70.7 Å². The summed E-state index contributed by atoms with van der Waals surface area (Å²) in [6.07, 6.45) is 0. The zero-order chi connectivity index (χ0) is 19.6. The predicted octanol–water partition coefficient (Wildman–Crippen LogP) is 3.83. The molecule has 0 saturated heterocycles. The van der Waals surface area contributed by atoms with Gasteiger partial charge in [-0.25, -0.2) is 12.8 Å². The van der Waals surface area contributed by atoms with Gasteiger partial charge in [-0.2, -0.15) is 0 Å². The lowest BCUT2D eigenvalue weighted by Gasteiger charge is -2.09. The maximum atomic E-state index is 13.8. The van der Waals surface area contributed by atoms with Gasteiger partial charge in [0.25, 0.3) is 15.9 Å². The first-order valence-electron chi connectivity index (χ1n) is 7.58. The summed E-state index contributed by atoms with van der Waals surface area (Å²) in [5.74, 6) is -0.993. The molecule has 140 valence electrons. The molecule has 2 aromatic carbocycles. The van der Waals surface area contributed by atoms with Gasteiger partial charge in [0.05, 0.1) is 15.5 Å². The van der Waals surface area contributed by atoms with Gasteiger partial charge in [0, 0.05) is 11.8 Å². The minimum Gasteiger partial charge on any atom is -0.360 e. The van der Waals surface area contributed by atoms with Crippen LogP contribution in [0.25, 0.3) is 0 Å². The summed E-state index contributed by atoms with van der Waals surface area (Å²) in [6, 6.07) is 10.6. The highest BCUT2D eigenvalue weighted by Gasteiger charge is 2.18. The first kappa shape index (κ1) is 18.9. The monoisotopic (exact) mass is 409 g/mol. The van der Waals surface area contributed by atoms with Gasteiger partial charge in [-0.05, 0) is 43.3 Å². The van der Waals surface area contributed by atoms with Crippen LogP contribution in [0.15, 0.2) is 57.9 Å². The van der Waals surface area contributed by atoms with Crippen molar-refractivity contribution in [1.29, 1.82) is 0 Å². The summed E-state index contributed by atoms with van der Waals surface area (Å²) in [7, 11) is -3.88. The smallest absolute Gasteiger partial charge is 0.263 e. The number of hydrogen-bond donors (Lipinski definition) is 2. The molecule has 1 heterocycles. The van der Waals surface area contributed by atoms with Gasteiger partial charge in [-0.15, -0.1) is 0 Å². The molecule has 0 aliphatic heterocycles. The number of nitrogens with zero attached hydrogens (tertiary/aromatic N) is 1. The summed E-state index contributed by atoms with van der Waals surface area (Å²) >= 11 is 5.85.